The van der Waals surface area contributed by atoms with E-state index in [0.717, 1.165) is 36.7 Å². The van der Waals surface area contributed by atoms with Crippen molar-refractivity contribution < 1.29 is 9.21 Å². The zero-order valence-corrected chi connectivity index (χ0v) is 16.5. The number of nitrogens with zero attached hydrogens (tertiary/aromatic N) is 2. The van der Waals surface area contributed by atoms with Gasteiger partial charge in [-0.1, -0.05) is 18.2 Å². The van der Waals surface area contributed by atoms with Gasteiger partial charge in [0, 0.05) is 24.5 Å². The lowest BCUT2D eigenvalue weighted by Crippen LogP contribution is -2.47. The highest BCUT2D eigenvalue weighted by atomic mass is 35.5. The van der Waals surface area contributed by atoms with Crippen LogP contribution in [0, 0.1) is 0 Å². The summed E-state index contributed by atoms with van der Waals surface area (Å²) in [5.41, 5.74) is 8.04. The number of pyridine rings is 1. The Bertz CT molecular complexity index is 899. The smallest absolute Gasteiger partial charge is 0.254 e. The van der Waals surface area contributed by atoms with Crippen LogP contribution in [0.3, 0.4) is 0 Å². The van der Waals surface area contributed by atoms with Gasteiger partial charge in [-0.05, 0) is 43.5 Å². The summed E-state index contributed by atoms with van der Waals surface area (Å²) in [4.78, 5) is 19.9. The molecule has 0 saturated carbocycles. The molecule has 1 aliphatic heterocycles. The molecule has 2 N–H and O–H groups in total. The molecule has 1 unspecified atom stereocenters. The molecule has 0 bridgehead atoms. The van der Waals surface area contributed by atoms with Gasteiger partial charge in [-0.15, -0.1) is 24.8 Å². The molecule has 0 radical (unpaired) electrons. The van der Waals surface area contributed by atoms with Gasteiger partial charge >= 0.3 is 0 Å². The lowest BCUT2D eigenvalue weighted by molar-refractivity contribution is 0.0625. The molecule has 1 aromatic carbocycles. The monoisotopic (exact) mass is 407 g/mol. The van der Waals surface area contributed by atoms with Crippen LogP contribution in [0.5, 0.6) is 0 Å². The van der Waals surface area contributed by atoms with E-state index in [0.29, 0.717) is 23.6 Å². The van der Waals surface area contributed by atoms with E-state index in [1.165, 1.54) is 0 Å². The first kappa shape index (κ1) is 21.2. The summed E-state index contributed by atoms with van der Waals surface area (Å²) in [6.45, 7) is 1.26. The van der Waals surface area contributed by atoms with E-state index in [4.69, 9.17) is 10.2 Å². The van der Waals surface area contributed by atoms with Gasteiger partial charge in [0.2, 0.25) is 0 Å². The first-order valence-electron chi connectivity index (χ1n) is 8.72. The molecule has 144 valence electrons. The molecular weight excluding hydrogens is 385 g/mol. The van der Waals surface area contributed by atoms with E-state index in [2.05, 4.69) is 4.98 Å². The van der Waals surface area contributed by atoms with E-state index in [9.17, 15) is 4.79 Å². The number of hydrogen-bond acceptors (Lipinski definition) is 4. The molecule has 2 aromatic heterocycles. The van der Waals surface area contributed by atoms with Crippen LogP contribution in [0.1, 0.15) is 29.6 Å². The number of hydrogen-bond donors (Lipinski definition) is 1. The van der Waals surface area contributed by atoms with Crippen LogP contribution in [0.25, 0.3) is 22.4 Å². The van der Waals surface area contributed by atoms with Crippen molar-refractivity contribution in [2.45, 2.75) is 25.3 Å². The molecule has 1 atom stereocenters. The summed E-state index contributed by atoms with van der Waals surface area (Å²) in [5.74, 6) is 0.690. The lowest BCUT2D eigenvalue weighted by atomic mass is 9.99. The topological polar surface area (TPSA) is 72.4 Å². The molecule has 1 saturated heterocycles. The minimum atomic E-state index is 0. The largest absolute Gasteiger partial charge is 0.463 e. The zero-order chi connectivity index (χ0) is 17.2. The average molecular weight is 408 g/mol. The van der Waals surface area contributed by atoms with Gasteiger partial charge < -0.3 is 15.1 Å². The third kappa shape index (κ3) is 4.10. The van der Waals surface area contributed by atoms with Crippen molar-refractivity contribution in [2.24, 2.45) is 5.73 Å². The summed E-state index contributed by atoms with van der Waals surface area (Å²) in [5, 5.41) is 0.865. The quantitative estimate of drug-likeness (QED) is 0.702. The van der Waals surface area contributed by atoms with Gasteiger partial charge in [-0.2, -0.15) is 0 Å². The number of benzene rings is 1. The number of nitrogens with two attached hydrogens (primary N) is 1. The number of carbonyl (C=O) groups excluding carboxylic acids is 1. The first-order chi connectivity index (χ1) is 12.3. The highest BCUT2D eigenvalue weighted by Gasteiger charge is 2.28. The van der Waals surface area contributed by atoms with Crippen molar-refractivity contribution in [3.8, 4) is 11.5 Å². The summed E-state index contributed by atoms with van der Waals surface area (Å²) in [6.07, 6.45) is 4.73. The third-order valence-corrected chi connectivity index (χ3v) is 4.88. The standard InChI is InChI=1S/C20H21N3O2.2ClH/c21-13-14-6-3-4-10-23(14)20(24)16-12-18(19-9-5-11-25-19)22-17-8-2-1-7-15(16)17;;/h1-2,5,7-9,11-12,14H,3-4,6,10,13,21H2;2*1H. The van der Waals surface area contributed by atoms with E-state index < -0.39 is 0 Å². The second-order valence-corrected chi connectivity index (χ2v) is 6.43. The number of aromatic nitrogens is 1. The zero-order valence-electron chi connectivity index (χ0n) is 14.8. The molecule has 7 heteroatoms. The first-order valence-corrected chi connectivity index (χ1v) is 8.72. The third-order valence-electron chi connectivity index (χ3n) is 4.88. The minimum Gasteiger partial charge on any atom is -0.463 e. The van der Waals surface area contributed by atoms with Crippen LogP contribution >= 0.6 is 24.8 Å². The van der Waals surface area contributed by atoms with E-state index in [1.54, 1.807) is 6.26 Å². The molecule has 27 heavy (non-hydrogen) atoms. The Morgan fingerprint density at radius 2 is 2.00 bits per heavy atom. The van der Waals surface area contributed by atoms with E-state index in [-0.39, 0.29) is 36.8 Å². The van der Waals surface area contributed by atoms with Crippen molar-refractivity contribution in [1.29, 1.82) is 0 Å². The molecular formula is C20H23Cl2N3O2. The highest BCUT2D eigenvalue weighted by molar-refractivity contribution is 6.07. The number of halogens is 2. The number of fused-ring (bicyclic) bond motifs is 1. The minimum absolute atomic E-state index is 0. The predicted molar refractivity (Wildman–Crippen MR) is 112 cm³/mol. The molecule has 3 heterocycles. The summed E-state index contributed by atoms with van der Waals surface area (Å²) < 4.78 is 5.48. The second kappa shape index (κ2) is 9.22. The maximum atomic E-state index is 13.3. The van der Waals surface area contributed by atoms with Crippen molar-refractivity contribution in [1.82, 2.24) is 9.88 Å². The number of para-hydroxylation sites is 1. The summed E-state index contributed by atoms with van der Waals surface area (Å²) >= 11 is 0. The van der Waals surface area contributed by atoms with Gasteiger partial charge in [-0.25, -0.2) is 4.98 Å². The Labute approximate surface area is 170 Å². The molecule has 1 fully saturated rings. The fourth-order valence-corrected chi connectivity index (χ4v) is 3.57. The Morgan fingerprint density at radius 1 is 1.19 bits per heavy atom. The van der Waals surface area contributed by atoms with Crippen LogP contribution < -0.4 is 5.73 Å². The van der Waals surface area contributed by atoms with Crippen molar-refractivity contribution in [2.75, 3.05) is 13.1 Å². The maximum Gasteiger partial charge on any atom is 0.254 e. The van der Waals surface area contributed by atoms with E-state index >= 15 is 0 Å². The van der Waals surface area contributed by atoms with Gasteiger partial charge in [0.05, 0.1) is 17.3 Å². The van der Waals surface area contributed by atoms with Crippen LogP contribution in [0.15, 0.2) is 53.1 Å². The summed E-state index contributed by atoms with van der Waals surface area (Å²) in [7, 11) is 0. The van der Waals surface area contributed by atoms with Crippen LogP contribution in [0.2, 0.25) is 0 Å². The van der Waals surface area contributed by atoms with Gasteiger partial charge in [0.1, 0.15) is 5.69 Å². The van der Waals surface area contributed by atoms with Crippen molar-refractivity contribution >= 4 is 41.6 Å². The summed E-state index contributed by atoms with van der Waals surface area (Å²) in [6, 6.07) is 13.4. The fourth-order valence-electron chi connectivity index (χ4n) is 3.57. The fraction of sp³-hybridized carbons (Fsp3) is 0.300. The number of amides is 1. The second-order valence-electron chi connectivity index (χ2n) is 6.43. The predicted octanol–water partition coefficient (Wildman–Crippen LogP) is 4.29. The number of piperidine rings is 1. The normalized spacial score (nSPS) is 16.5. The SMILES string of the molecule is Cl.Cl.NCC1CCCCN1C(=O)c1cc(-c2ccco2)nc2ccccc12. The van der Waals surface area contributed by atoms with Crippen LogP contribution in [0.4, 0.5) is 0 Å². The van der Waals surface area contributed by atoms with Gasteiger partial charge in [0.15, 0.2) is 5.76 Å². The Kier molecular flexibility index (Phi) is 7.25. The van der Waals surface area contributed by atoms with E-state index in [1.807, 2.05) is 47.4 Å². The van der Waals surface area contributed by atoms with Crippen LogP contribution in [-0.4, -0.2) is 34.9 Å². The van der Waals surface area contributed by atoms with Gasteiger partial charge in [-0.3, -0.25) is 4.79 Å². The molecule has 0 spiro atoms. The number of furan rings is 1. The van der Waals surface area contributed by atoms with Crippen molar-refractivity contribution in [3.05, 3.63) is 54.3 Å². The maximum absolute atomic E-state index is 13.3. The van der Waals surface area contributed by atoms with Crippen molar-refractivity contribution in [3.63, 3.8) is 0 Å². The van der Waals surface area contributed by atoms with Crippen LogP contribution in [-0.2, 0) is 0 Å². The molecule has 4 rings (SSSR count). The Hall–Kier alpha value is -2.08. The highest BCUT2D eigenvalue weighted by Crippen LogP contribution is 2.28. The lowest BCUT2D eigenvalue weighted by Gasteiger charge is -2.35. The molecule has 0 aliphatic carbocycles. The molecule has 5 nitrogen and oxygen atoms in total. The molecule has 1 amide bonds. The number of likely N-dealkylation sites (tertiary alicyclic amines) is 1. The van der Waals surface area contributed by atoms with Gasteiger partial charge in [0.25, 0.3) is 5.91 Å². The number of rotatable bonds is 3. The Morgan fingerprint density at radius 3 is 2.74 bits per heavy atom. The molecule has 1 aliphatic rings. The molecule has 3 aromatic rings. The Balaban J connectivity index is 0.00000131. The average Bonchev–Trinajstić information content (AvgIpc) is 3.21. The number of carbonyl (C=O) groups is 1.